The van der Waals surface area contributed by atoms with E-state index in [1.54, 1.807) is 0 Å². The smallest absolute Gasteiger partial charge is 0.253 e. The fourth-order valence-electron chi connectivity index (χ4n) is 3.64. The van der Waals surface area contributed by atoms with Crippen molar-refractivity contribution in [1.29, 1.82) is 0 Å². The third-order valence-electron chi connectivity index (χ3n) is 4.70. The van der Waals surface area contributed by atoms with Crippen LogP contribution in [0.25, 0.3) is 0 Å². The summed E-state index contributed by atoms with van der Waals surface area (Å²) in [5.74, 6) is 0.865. The molecule has 0 spiro atoms. The van der Waals surface area contributed by atoms with Gasteiger partial charge in [0.25, 0.3) is 5.91 Å². The lowest BCUT2D eigenvalue weighted by Gasteiger charge is -2.46. The zero-order chi connectivity index (χ0) is 14.1. The van der Waals surface area contributed by atoms with Gasteiger partial charge in [0.05, 0.1) is 0 Å². The van der Waals surface area contributed by atoms with Crippen molar-refractivity contribution in [2.24, 2.45) is 5.92 Å². The highest BCUT2D eigenvalue weighted by Gasteiger charge is 2.35. The van der Waals surface area contributed by atoms with E-state index in [1.807, 2.05) is 24.3 Å². The molecule has 1 amide bonds. The van der Waals surface area contributed by atoms with Crippen molar-refractivity contribution in [3.8, 4) is 0 Å². The molecule has 0 aliphatic carbocycles. The molecule has 20 heavy (non-hydrogen) atoms. The summed E-state index contributed by atoms with van der Waals surface area (Å²) in [5.41, 5.74) is 0.833. The van der Waals surface area contributed by atoms with Gasteiger partial charge in [0.15, 0.2) is 0 Å². The molecule has 2 heterocycles. The third kappa shape index (κ3) is 2.86. The van der Waals surface area contributed by atoms with Crippen LogP contribution >= 0.6 is 22.6 Å². The maximum absolute atomic E-state index is 12.6. The first-order valence-corrected chi connectivity index (χ1v) is 8.48. The minimum Gasteiger partial charge on any atom is -0.338 e. The minimum atomic E-state index is 0.204. The fraction of sp³-hybridized carbons (Fsp3) is 0.562. The largest absolute Gasteiger partial charge is 0.338 e. The number of fused-ring (bicyclic) bond motifs is 1. The molecule has 1 aromatic rings. The van der Waals surface area contributed by atoms with E-state index in [9.17, 15) is 4.79 Å². The molecule has 2 aliphatic heterocycles. The number of halogens is 1. The van der Waals surface area contributed by atoms with Crippen LogP contribution < -0.4 is 0 Å². The zero-order valence-corrected chi connectivity index (χ0v) is 14.0. The zero-order valence-electron chi connectivity index (χ0n) is 11.9. The minimum absolute atomic E-state index is 0.204. The Morgan fingerprint density at radius 3 is 2.95 bits per heavy atom. The SMILES string of the molecule is CN1CCCC2CN(C(=O)c3cccc(I)c3)CCC21. The molecule has 2 atom stereocenters. The maximum Gasteiger partial charge on any atom is 0.253 e. The van der Waals surface area contributed by atoms with E-state index >= 15 is 0 Å². The molecule has 2 saturated heterocycles. The number of rotatable bonds is 1. The van der Waals surface area contributed by atoms with E-state index in [2.05, 4.69) is 39.4 Å². The van der Waals surface area contributed by atoms with Crippen LogP contribution in [0.2, 0.25) is 0 Å². The van der Waals surface area contributed by atoms with Gasteiger partial charge in [-0.25, -0.2) is 0 Å². The first kappa shape index (κ1) is 14.3. The number of likely N-dealkylation sites (tertiary alicyclic amines) is 2. The number of carbonyl (C=O) groups excluding carboxylic acids is 1. The highest BCUT2D eigenvalue weighted by atomic mass is 127. The Balaban J connectivity index is 1.71. The Morgan fingerprint density at radius 2 is 2.15 bits per heavy atom. The predicted molar refractivity (Wildman–Crippen MR) is 88.8 cm³/mol. The van der Waals surface area contributed by atoms with Gasteiger partial charge in [-0.3, -0.25) is 4.79 Å². The number of piperidine rings is 2. The first-order valence-electron chi connectivity index (χ1n) is 7.40. The van der Waals surface area contributed by atoms with E-state index in [1.165, 1.54) is 19.4 Å². The standard InChI is InChI=1S/C16H21IN2O/c1-18-8-3-5-13-11-19(9-7-15(13)18)16(20)12-4-2-6-14(17)10-12/h2,4,6,10,13,15H,3,5,7-9,11H2,1H3. The predicted octanol–water partition coefficient (Wildman–Crippen LogP) is 2.85. The van der Waals surface area contributed by atoms with Gasteiger partial charge < -0.3 is 9.80 Å². The number of carbonyl (C=O) groups is 1. The second-order valence-electron chi connectivity index (χ2n) is 6.00. The van der Waals surface area contributed by atoms with Gasteiger partial charge in [-0.15, -0.1) is 0 Å². The molecule has 1 aromatic carbocycles. The molecule has 0 saturated carbocycles. The summed E-state index contributed by atoms with van der Waals surface area (Å²) < 4.78 is 1.13. The van der Waals surface area contributed by atoms with Crippen molar-refractivity contribution in [3.63, 3.8) is 0 Å². The third-order valence-corrected chi connectivity index (χ3v) is 5.38. The average Bonchev–Trinajstić information content (AvgIpc) is 2.46. The maximum atomic E-state index is 12.6. The number of benzene rings is 1. The average molecular weight is 384 g/mol. The Hall–Kier alpha value is -0.620. The van der Waals surface area contributed by atoms with Crippen LogP contribution in [0, 0.1) is 9.49 Å². The van der Waals surface area contributed by atoms with Gasteiger partial charge >= 0.3 is 0 Å². The Kier molecular flexibility index (Phi) is 4.31. The molecule has 0 aromatic heterocycles. The second kappa shape index (κ2) is 6.02. The summed E-state index contributed by atoms with van der Waals surface area (Å²) in [7, 11) is 2.23. The van der Waals surface area contributed by atoms with Crippen LogP contribution in [0.15, 0.2) is 24.3 Å². The molecule has 3 rings (SSSR count). The number of amides is 1. The topological polar surface area (TPSA) is 23.6 Å². The Labute approximate surface area is 134 Å². The second-order valence-corrected chi connectivity index (χ2v) is 7.25. The molecular weight excluding hydrogens is 363 g/mol. The summed E-state index contributed by atoms with van der Waals surface area (Å²) in [4.78, 5) is 17.2. The van der Waals surface area contributed by atoms with Gasteiger partial charge in [-0.1, -0.05) is 6.07 Å². The van der Waals surface area contributed by atoms with Crippen LogP contribution in [-0.2, 0) is 0 Å². The van der Waals surface area contributed by atoms with Crippen molar-refractivity contribution in [2.75, 3.05) is 26.7 Å². The first-order chi connectivity index (χ1) is 9.65. The molecule has 0 radical (unpaired) electrons. The highest BCUT2D eigenvalue weighted by molar-refractivity contribution is 14.1. The Morgan fingerprint density at radius 1 is 1.30 bits per heavy atom. The lowest BCUT2D eigenvalue weighted by Crippen LogP contribution is -2.53. The molecule has 3 nitrogen and oxygen atoms in total. The van der Waals surface area contributed by atoms with Crippen LogP contribution in [0.4, 0.5) is 0 Å². The summed E-state index contributed by atoms with van der Waals surface area (Å²) in [5, 5.41) is 0. The highest BCUT2D eigenvalue weighted by Crippen LogP contribution is 2.30. The van der Waals surface area contributed by atoms with Gasteiger partial charge in [0, 0.05) is 28.3 Å². The molecule has 0 bridgehead atoms. The van der Waals surface area contributed by atoms with Crippen molar-refractivity contribution < 1.29 is 4.79 Å². The summed E-state index contributed by atoms with van der Waals surface area (Å²) in [6.45, 7) is 3.04. The molecule has 2 aliphatic rings. The van der Waals surface area contributed by atoms with Gasteiger partial charge in [0.1, 0.15) is 0 Å². The van der Waals surface area contributed by atoms with Crippen LogP contribution in [0.3, 0.4) is 0 Å². The van der Waals surface area contributed by atoms with E-state index in [0.29, 0.717) is 12.0 Å². The van der Waals surface area contributed by atoms with Crippen LogP contribution in [-0.4, -0.2) is 48.4 Å². The van der Waals surface area contributed by atoms with Crippen molar-refractivity contribution in [1.82, 2.24) is 9.80 Å². The summed E-state index contributed by atoms with van der Waals surface area (Å²) in [6.07, 6.45) is 3.66. The van der Waals surface area contributed by atoms with Gasteiger partial charge in [-0.2, -0.15) is 0 Å². The number of nitrogens with zero attached hydrogens (tertiary/aromatic N) is 2. The van der Waals surface area contributed by atoms with E-state index in [0.717, 1.165) is 28.6 Å². The lowest BCUT2D eigenvalue weighted by atomic mass is 9.84. The van der Waals surface area contributed by atoms with Crippen molar-refractivity contribution >= 4 is 28.5 Å². The van der Waals surface area contributed by atoms with Gasteiger partial charge in [0.2, 0.25) is 0 Å². The van der Waals surface area contributed by atoms with Crippen molar-refractivity contribution in [3.05, 3.63) is 33.4 Å². The monoisotopic (exact) mass is 384 g/mol. The number of hydrogen-bond acceptors (Lipinski definition) is 2. The van der Waals surface area contributed by atoms with Crippen molar-refractivity contribution in [2.45, 2.75) is 25.3 Å². The lowest BCUT2D eigenvalue weighted by molar-refractivity contribution is 0.0317. The summed E-state index contributed by atoms with van der Waals surface area (Å²) in [6, 6.07) is 8.60. The van der Waals surface area contributed by atoms with E-state index in [-0.39, 0.29) is 5.91 Å². The number of hydrogen-bond donors (Lipinski definition) is 0. The molecule has 2 fully saturated rings. The summed E-state index contributed by atoms with van der Waals surface area (Å²) >= 11 is 2.26. The quantitative estimate of drug-likeness (QED) is 0.696. The van der Waals surface area contributed by atoms with Gasteiger partial charge in [-0.05, 0) is 79.6 Å². The molecule has 4 heteroatoms. The van der Waals surface area contributed by atoms with Crippen LogP contribution in [0.1, 0.15) is 29.6 Å². The molecular formula is C16H21IN2O. The Bertz CT molecular complexity index is 505. The van der Waals surface area contributed by atoms with E-state index in [4.69, 9.17) is 0 Å². The fourth-order valence-corrected chi connectivity index (χ4v) is 4.18. The normalized spacial score (nSPS) is 27.2. The molecule has 108 valence electrons. The van der Waals surface area contributed by atoms with E-state index < -0.39 is 0 Å². The molecule has 0 N–H and O–H groups in total. The van der Waals surface area contributed by atoms with Crippen LogP contribution in [0.5, 0.6) is 0 Å². The molecule has 2 unspecified atom stereocenters.